The average Bonchev–Trinajstić information content (AvgIpc) is 3.45. The first-order valence-electron chi connectivity index (χ1n) is 11.1. The SMILES string of the molecule is COc1ccccc1Cc1cnc([C@H]2CCCN(C(=O)c3cc(C)nc4onc(C)c34)C2)o1. The molecule has 1 amide bonds. The second kappa shape index (κ2) is 8.69. The Hall–Kier alpha value is -3.68. The lowest BCUT2D eigenvalue weighted by molar-refractivity contribution is 0.0699. The van der Waals surface area contributed by atoms with Gasteiger partial charge in [-0.1, -0.05) is 23.4 Å². The van der Waals surface area contributed by atoms with Gasteiger partial charge < -0.3 is 18.6 Å². The van der Waals surface area contributed by atoms with Crippen LogP contribution in [0.2, 0.25) is 0 Å². The fourth-order valence-electron chi connectivity index (χ4n) is 4.55. The van der Waals surface area contributed by atoms with Crippen LogP contribution < -0.4 is 4.74 Å². The Balaban J connectivity index is 1.35. The number of hydrogen-bond donors (Lipinski definition) is 0. The number of piperidine rings is 1. The molecule has 4 aromatic rings. The van der Waals surface area contributed by atoms with Gasteiger partial charge in [0.05, 0.1) is 35.9 Å². The van der Waals surface area contributed by atoms with Gasteiger partial charge in [-0.3, -0.25) is 4.79 Å². The molecule has 1 aliphatic heterocycles. The summed E-state index contributed by atoms with van der Waals surface area (Å²) in [4.78, 5) is 24.3. The predicted octanol–water partition coefficient (Wildman–Crippen LogP) is 4.45. The minimum atomic E-state index is -0.0395. The summed E-state index contributed by atoms with van der Waals surface area (Å²) in [5.74, 6) is 2.30. The summed E-state index contributed by atoms with van der Waals surface area (Å²) in [6.07, 6.45) is 4.19. The van der Waals surface area contributed by atoms with E-state index in [0.29, 0.717) is 47.8 Å². The van der Waals surface area contributed by atoms with Crippen LogP contribution in [-0.4, -0.2) is 46.1 Å². The number of pyridine rings is 1. The van der Waals surface area contributed by atoms with Crippen LogP contribution in [0.3, 0.4) is 0 Å². The van der Waals surface area contributed by atoms with Crippen molar-refractivity contribution < 1.29 is 18.5 Å². The number of aryl methyl sites for hydroxylation is 2. The molecule has 5 rings (SSSR count). The van der Waals surface area contributed by atoms with Crippen LogP contribution in [0, 0.1) is 13.8 Å². The lowest BCUT2D eigenvalue weighted by Crippen LogP contribution is -2.39. The first-order chi connectivity index (χ1) is 16.0. The number of rotatable bonds is 5. The third-order valence-electron chi connectivity index (χ3n) is 6.16. The predicted molar refractivity (Wildman–Crippen MR) is 121 cm³/mol. The zero-order valence-electron chi connectivity index (χ0n) is 19.0. The van der Waals surface area contributed by atoms with E-state index in [9.17, 15) is 4.79 Å². The number of aromatic nitrogens is 3. The number of oxazole rings is 1. The number of hydrogen-bond acceptors (Lipinski definition) is 7. The highest BCUT2D eigenvalue weighted by molar-refractivity contribution is 6.06. The molecular weight excluding hydrogens is 420 g/mol. The first kappa shape index (κ1) is 21.2. The summed E-state index contributed by atoms with van der Waals surface area (Å²) >= 11 is 0. The van der Waals surface area contributed by atoms with E-state index in [4.69, 9.17) is 13.7 Å². The number of carbonyl (C=O) groups is 1. The van der Waals surface area contributed by atoms with Gasteiger partial charge in [0.2, 0.25) is 0 Å². The number of amides is 1. The molecule has 0 N–H and O–H groups in total. The number of methoxy groups -OCH3 is 1. The van der Waals surface area contributed by atoms with Crippen molar-refractivity contribution in [1.29, 1.82) is 0 Å². The number of fused-ring (bicyclic) bond motifs is 1. The minimum absolute atomic E-state index is 0.0395. The van der Waals surface area contributed by atoms with Crippen molar-refractivity contribution in [3.63, 3.8) is 0 Å². The molecule has 0 spiro atoms. The van der Waals surface area contributed by atoms with Crippen molar-refractivity contribution in [1.82, 2.24) is 20.0 Å². The molecule has 0 unspecified atom stereocenters. The summed E-state index contributed by atoms with van der Waals surface area (Å²) in [5, 5.41) is 4.68. The monoisotopic (exact) mass is 446 g/mol. The molecular formula is C25H26N4O4. The van der Waals surface area contributed by atoms with Crippen molar-refractivity contribution >= 4 is 17.0 Å². The van der Waals surface area contributed by atoms with Crippen LogP contribution in [-0.2, 0) is 6.42 Å². The smallest absolute Gasteiger partial charge is 0.258 e. The van der Waals surface area contributed by atoms with Gasteiger partial charge in [0.1, 0.15) is 11.5 Å². The second-order valence-corrected chi connectivity index (χ2v) is 8.50. The van der Waals surface area contributed by atoms with Crippen molar-refractivity contribution in [2.45, 2.75) is 39.0 Å². The number of likely N-dealkylation sites (tertiary alicyclic amines) is 1. The van der Waals surface area contributed by atoms with E-state index in [-0.39, 0.29) is 11.8 Å². The number of benzene rings is 1. The number of carbonyl (C=O) groups excluding carboxylic acids is 1. The molecule has 0 saturated carbocycles. The number of ether oxygens (including phenoxy) is 1. The number of nitrogens with zero attached hydrogens (tertiary/aromatic N) is 4. The highest BCUT2D eigenvalue weighted by Gasteiger charge is 2.30. The summed E-state index contributed by atoms with van der Waals surface area (Å²) in [5.41, 5.74) is 3.43. The number of para-hydroxylation sites is 1. The lowest BCUT2D eigenvalue weighted by atomic mass is 9.97. The van der Waals surface area contributed by atoms with E-state index in [1.165, 1.54) is 0 Å². The van der Waals surface area contributed by atoms with Gasteiger partial charge in [-0.15, -0.1) is 0 Å². The normalized spacial score (nSPS) is 16.3. The van der Waals surface area contributed by atoms with E-state index < -0.39 is 0 Å². The third-order valence-corrected chi connectivity index (χ3v) is 6.16. The first-order valence-corrected chi connectivity index (χ1v) is 11.1. The molecule has 1 fully saturated rings. The molecule has 1 aliphatic rings. The maximum Gasteiger partial charge on any atom is 0.258 e. The van der Waals surface area contributed by atoms with E-state index >= 15 is 0 Å². The van der Waals surface area contributed by atoms with Crippen LogP contribution in [0.5, 0.6) is 5.75 Å². The largest absolute Gasteiger partial charge is 0.496 e. The fourth-order valence-corrected chi connectivity index (χ4v) is 4.55. The van der Waals surface area contributed by atoms with Gasteiger partial charge in [0, 0.05) is 30.8 Å². The molecule has 8 heteroatoms. The maximum absolute atomic E-state index is 13.5. The van der Waals surface area contributed by atoms with E-state index in [2.05, 4.69) is 15.1 Å². The van der Waals surface area contributed by atoms with Gasteiger partial charge in [0.15, 0.2) is 5.89 Å². The highest BCUT2D eigenvalue weighted by atomic mass is 16.5. The topological polar surface area (TPSA) is 94.5 Å². The summed E-state index contributed by atoms with van der Waals surface area (Å²) < 4.78 is 16.9. The molecule has 1 atom stereocenters. The fraction of sp³-hybridized carbons (Fsp3) is 0.360. The zero-order chi connectivity index (χ0) is 22.9. The quantitative estimate of drug-likeness (QED) is 0.447. The van der Waals surface area contributed by atoms with Crippen molar-refractivity contribution in [3.05, 3.63) is 70.7 Å². The van der Waals surface area contributed by atoms with Gasteiger partial charge in [-0.05, 0) is 38.8 Å². The summed E-state index contributed by atoms with van der Waals surface area (Å²) in [6, 6.07) is 9.70. The summed E-state index contributed by atoms with van der Waals surface area (Å²) in [7, 11) is 1.66. The van der Waals surface area contributed by atoms with E-state index in [0.717, 1.165) is 35.6 Å². The van der Waals surface area contributed by atoms with Crippen LogP contribution in [0.1, 0.15) is 57.7 Å². The molecule has 4 heterocycles. The van der Waals surface area contributed by atoms with Crippen LogP contribution in [0.15, 0.2) is 45.5 Å². The van der Waals surface area contributed by atoms with Crippen LogP contribution in [0.4, 0.5) is 0 Å². The molecule has 1 aromatic carbocycles. The molecule has 170 valence electrons. The van der Waals surface area contributed by atoms with Crippen molar-refractivity contribution in [2.75, 3.05) is 20.2 Å². The van der Waals surface area contributed by atoms with Crippen LogP contribution in [0.25, 0.3) is 11.1 Å². The Morgan fingerprint density at radius 2 is 2.12 bits per heavy atom. The third kappa shape index (κ3) is 4.08. The van der Waals surface area contributed by atoms with Gasteiger partial charge >= 0.3 is 0 Å². The van der Waals surface area contributed by atoms with Gasteiger partial charge in [-0.2, -0.15) is 0 Å². The molecule has 8 nitrogen and oxygen atoms in total. The Kier molecular flexibility index (Phi) is 5.58. The molecule has 0 radical (unpaired) electrons. The Morgan fingerprint density at radius 3 is 2.97 bits per heavy atom. The standard InChI is InChI=1S/C25H26N4O4/c1-15-11-20(22-16(2)28-33-24(22)27-15)25(30)29-10-6-8-18(14-29)23-26-13-19(32-23)12-17-7-4-5-9-21(17)31-3/h4-5,7,9,11,13,18H,6,8,10,12,14H2,1-3H3/t18-/m0/s1. The van der Waals surface area contributed by atoms with E-state index in [1.807, 2.05) is 49.1 Å². The van der Waals surface area contributed by atoms with E-state index in [1.54, 1.807) is 13.3 Å². The molecule has 3 aromatic heterocycles. The Labute approximate surface area is 191 Å². The molecule has 0 bridgehead atoms. The summed E-state index contributed by atoms with van der Waals surface area (Å²) in [6.45, 7) is 4.93. The zero-order valence-corrected chi connectivity index (χ0v) is 19.0. The van der Waals surface area contributed by atoms with Gasteiger partial charge in [-0.25, -0.2) is 9.97 Å². The maximum atomic E-state index is 13.5. The lowest BCUT2D eigenvalue weighted by Gasteiger charge is -2.31. The van der Waals surface area contributed by atoms with Crippen molar-refractivity contribution in [3.8, 4) is 5.75 Å². The van der Waals surface area contributed by atoms with Gasteiger partial charge in [0.25, 0.3) is 11.6 Å². The molecule has 33 heavy (non-hydrogen) atoms. The highest BCUT2D eigenvalue weighted by Crippen LogP contribution is 2.30. The second-order valence-electron chi connectivity index (χ2n) is 8.50. The Morgan fingerprint density at radius 1 is 1.27 bits per heavy atom. The minimum Gasteiger partial charge on any atom is -0.496 e. The average molecular weight is 447 g/mol. The Bertz CT molecular complexity index is 1310. The molecule has 1 saturated heterocycles. The van der Waals surface area contributed by atoms with Crippen LogP contribution >= 0.6 is 0 Å². The molecule has 0 aliphatic carbocycles. The van der Waals surface area contributed by atoms with Crippen molar-refractivity contribution in [2.24, 2.45) is 0 Å².